The average molecular weight is 457 g/mol. The molecule has 1 unspecified atom stereocenters. The summed E-state index contributed by atoms with van der Waals surface area (Å²) in [5, 5.41) is 21.7. The standard InChI is InChI=1S/C25H29ClN2O4/c1-16-12-27(13-17(2)25(16,32)19-6-4-3-5-7-19)23(29)22-15-28(24(30)31)14-21(22)18-8-10-20(26)11-9-18/h3-11,16-17,21-22,32H,12-15H2,1-2H3,(H,30,31)/t16-,17+,21-,22+,25?/m0/s1. The molecule has 5 atom stereocenters. The van der Waals surface area contributed by atoms with Gasteiger partial charge in [0.05, 0.1) is 11.5 Å². The Morgan fingerprint density at radius 3 is 2.06 bits per heavy atom. The Kier molecular flexibility index (Phi) is 6.19. The van der Waals surface area contributed by atoms with Gasteiger partial charge in [0, 0.05) is 49.0 Å². The van der Waals surface area contributed by atoms with Crippen LogP contribution in [0.2, 0.25) is 5.02 Å². The van der Waals surface area contributed by atoms with Gasteiger partial charge >= 0.3 is 6.09 Å². The van der Waals surface area contributed by atoms with Crippen LogP contribution in [0.5, 0.6) is 0 Å². The minimum absolute atomic E-state index is 0.0532. The van der Waals surface area contributed by atoms with E-state index in [1.54, 1.807) is 12.1 Å². The minimum atomic E-state index is -1.02. The van der Waals surface area contributed by atoms with E-state index in [1.807, 2.05) is 61.2 Å². The average Bonchev–Trinajstić information content (AvgIpc) is 3.23. The fourth-order valence-corrected chi connectivity index (χ4v) is 5.57. The largest absolute Gasteiger partial charge is 0.465 e. The second kappa shape index (κ2) is 8.75. The van der Waals surface area contributed by atoms with Gasteiger partial charge in [-0.05, 0) is 23.3 Å². The Morgan fingerprint density at radius 2 is 1.50 bits per heavy atom. The number of carbonyl (C=O) groups is 2. The second-order valence-electron chi connectivity index (χ2n) is 9.19. The lowest BCUT2D eigenvalue weighted by atomic mass is 9.70. The van der Waals surface area contributed by atoms with Gasteiger partial charge in [0.1, 0.15) is 0 Å². The van der Waals surface area contributed by atoms with Gasteiger partial charge in [0.2, 0.25) is 5.91 Å². The van der Waals surface area contributed by atoms with Crippen molar-refractivity contribution in [3.05, 3.63) is 70.7 Å². The third kappa shape index (κ3) is 3.97. The quantitative estimate of drug-likeness (QED) is 0.730. The van der Waals surface area contributed by atoms with Gasteiger partial charge in [0.15, 0.2) is 0 Å². The normalized spacial score (nSPS) is 30.4. The van der Waals surface area contributed by atoms with Crippen molar-refractivity contribution >= 4 is 23.6 Å². The van der Waals surface area contributed by atoms with Crippen molar-refractivity contribution in [1.82, 2.24) is 9.80 Å². The lowest BCUT2D eigenvalue weighted by Gasteiger charge is -2.48. The summed E-state index contributed by atoms with van der Waals surface area (Å²) in [5.41, 5.74) is 0.760. The zero-order valence-electron chi connectivity index (χ0n) is 18.3. The summed E-state index contributed by atoms with van der Waals surface area (Å²) in [4.78, 5) is 28.5. The summed E-state index contributed by atoms with van der Waals surface area (Å²) in [6.45, 7) is 5.23. The predicted molar refractivity (Wildman–Crippen MR) is 123 cm³/mol. The molecular weight excluding hydrogens is 428 g/mol. The highest BCUT2D eigenvalue weighted by Crippen LogP contribution is 2.42. The number of piperidine rings is 1. The van der Waals surface area contributed by atoms with E-state index < -0.39 is 17.6 Å². The first-order chi connectivity index (χ1) is 15.2. The third-order valence-corrected chi connectivity index (χ3v) is 7.50. The molecule has 7 heteroatoms. The van der Waals surface area contributed by atoms with Gasteiger partial charge in [-0.25, -0.2) is 4.79 Å². The highest BCUT2D eigenvalue weighted by Gasteiger charge is 2.49. The molecule has 0 bridgehead atoms. The number of likely N-dealkylation sites (tertiary alicyclic amines) is 2. The van der Waals surface area contributed by atoms with Crippen molar-refractivity contribution in [3.63, 3.8) is 0 Å². The molecule has 2 N–H and O–H groups in total. The zero-order valence-corrected chi connectivity index (χ0v) is 19.1. The van der Waals surface area contributed by atoms with Crippen LogP contribution in [0.15, 0.2) is 54.6 Å². The fraction of sp³-hybridized carbons (Fsp3) is 0.440. The van der Waals surface area contributed by atoms with Crippen LogP contribution in [-0.2, 0) is 10.4 Å². The molecule has 2 saturated heterocycles. The molecule has 2 aliphatic heterocycles. The molecule has 170 valence electrons. The van der Waals surface area contributed by atoms with Crippen LogP contribution in [0.25, 0.3) is 0 Å². The monoisotopic (exact) mass is 456 g/mol. The first-order valence-corrected chi connectivity index (χ1v) is 11.4. The summed E-state index contributed by atoms with van der Waals surface area (Å²) in [7, 11) is 0. The number of hydrogen-bond donors (Lipinski definition) is 2. The Balaban J connectivity index is 1.57. The summed E-state index contributed by atoms with van der Waals surface area (Å²) < 4.78 is 0. The molecule has 2 aromatic carbocycles. The summed E-state index contributed by atoms with van der Waals surface area (Å²) in [6, 6.07) is 16.9. The molecule has 2 fully saturated rings. The number of amides is 2. The lowest BCUT2D eigenvalue weighted by molar-refractivity contribution is -0.152. The molecule has 0 saturated carbocycles. The molecule has 2 heterocycles. The van der Waals surface area contributed by atoms with Crippen molar-refractivity contribution in [2.24, 2.45) is 17.8 Å². The number of benzene rings is 2. The molecular formula is C25H29ClN2O4. The molecule has 2 aromatic rings. The molecule has 6 nitrogen and oxygen atoms in total. The summed E-state index contributed by atoms with van der Waals surface area (Å²) in [5.74, 6) is -1.07. The second-order valence-corrected chi connectivity index (χ2v) is 9.63. The Bertz CT molecular complexity index is 969. The number of rotatable bonds is 3. The van der Waals surface area contributed by atoms with Crippen LogP contribution in [0.3, 0.4) is 0 Å². The molecule has 0 aromatic heterocycles. The van der Waals surface area contributed by atoms with E-state index in [2.05, 4.69) is 0 Å². The van der Waals surface area contributed by atoms with Gasteiger partial charge in [-0.2, -0.15) is 0 Å². The first-order valence-electron chi connectivity index (χ1n) is 11.0. The Hall–Kier alpha value is -2.57. The molecule has 32 heavy (non-hydrogen) atoms. The molecule has 0 spiro atoms. The number of carbonyl (C=O) groups excluding carboxylic acids is 1. The maximum absolute atomic E-state index is 13.7. The summed E-state index contributed by atoms with van der Waals surface area (Å²) in [6.07, 6.45) is -1.02. The number of aliphatic hydroxyl groups is 1. The first kappa shape index (κ1) is 22.6. The highest BCUT2D eigenvalue weighted by atomic mass is 35.5. The van der Waals surface area contributed by atoms with Crippen molar-refractivity contribution in [1.29, 1.82) is 0 Å². The highest BCUT2D eigenvalue weighted by molar-refractivity contribution is 6.30. The topological polar surface area (TPSA) is 81.1 Å². The van der Waals surface area contributed by atoms with Crippen LogP contribution in [0.1, 0.15) is 30.9 Å². The van der Waals surface area contributed by atoms with Gasteiger partial charge in [0.25, 0.3) is 0 Å². The Morgan fingerprint density at radius 1 is 0.906 bits per heavy atom. The van der Waals surface area contributed by atoms with E-state index in [0.717, 1.165) is 11.1 Å². The van der Waals surface area contributed by atoms with Crippen LogP contribution >= 0.6 is 11.6 Å². The van der Waals surface area contributed by atoms with Crippen molar-refractivity contribution in [2.45, 2.75) is 25.4 Å². The van der Waals surface area contributed by atoms with Crippen LogP contribution in [0, 0.1) is 17.8 Å². The number of carboxylic acid groups (broad SMARTS) is 1. The van der Waals surface area contributed by atoms with Crippen LogP contribution in [-0.4, -0.2) is 58.2 Å². The van der Waals surface area contributed by atoms with E-state index in [9.17, 15) is 19.8 Å². The maximum atomic E-state index is 13.7. The van der Waals surface area contributed by atoms with Crippen LogP contribution < -0.4 is 0 Å². The van der Waals surface area contributed by atoms with E-state index in [4.69, 9.17) is 11.6 Å². The molecule has 2 aliphatic rings. The van der Waals surface area contributed by atoms with Crippen molar-refractivity contribution in [3.8, 4) is 0 Å². The maximum Gasteiger partial charge on any atom is 0.407 e. The van der Waals surface area contributed by atoms with Crippen molar-refractivity contribution < 1.29 is 19.8 Å². The molecule has 4 rings (SSSR count). The molecule has 0 aliphatic carbocycles. The molecule has 2 amide bonds. The number of hydrogen-bond acceptors (Lipinski definition) is 3. The minimum Gasteiger partial charge on any atom is -0.465 e. The lowest BCUT2D eigenvalue weighted by Crippen LogP contribution is -2.57. The third-order valence-electron chi connectivity index (χ3n) is 7.24. The van der Waals surface area contributed by atoms with Gasteiger partial charge in [-0.3, -0.25) is 4.79 Å². The molecule has 0 radical (unpaired) electrons. The van der Waals surface area contributed by atoms with E-state index >= 15 is 0 Å². The zero-order chi connectivity index (χ0) is 23.0. The van der Waals surface area contributed by atoms with E-state index in [1.165, 1.54) is 4.90 Å². The smallest absolute Gasteiger partial charge is 0.407 e. The number of halogens is 1. The predicted octanol–water partition coefficient (Wildman–Crippen LogP) is 4.04. The fourth-order valence-electron chi connectivity index (χ4n) is 5.45. The number of nitrogens with zero attached hydrogens (tertiary/aromatic N) is 2. The summed E-state index contributed by atoms with van der Waals surface area (Å²) >= 11 is 6.02. The Labute approximate surface area is 193 Å². The van der Waals surface area contributed by atoms with Crippen molar-refractivity contribution in [2.75, 3.05) is 26.2 Å². The van der Waals surface area contributed by atoms with Crippen LogP contribution in [0.4, 0.5) is 4.79 Å². The van der Waals surface area contributed by atoms with E-state index in [0.29, 0.717) is 18.1 Å². The van der Waals surface area contributed by atoms with E-state index in [-0.39, 0.29) is 36.8 Å². The van der Waals surface area contributed by atoms with Gasteiger partial charge < -0.3 is 20.0 Å². The van der Waals surface area contributed by atoms with Gasteiger partial charge in [-0.1, -0.05) is 67.9 Å². The van der Waals surface area contributed by atoms with Gasteiger partial charge in [-0.15, -0.1) is 0 Å². The SMILES string of the molecule is C[C@@H]1CN(C(=O)[C@@H]2CN(C(=O)O)C[C@H]2c2ccc(Cl)cc2)C[C@H](C)C1(O)c1ccccc1.